The van der Waals surface area contributed by atoms with Crippen molar-refractivity contribution >= 4 is 29.9 Å². The molecule has 19 heavy (non-hydrogen) atoms. The van der Waals surface area contributed by atoms with Crippen molar-refractivity contribution < 1.29 is 9.47 Å². The molecule has 0 atom stereocenters. The summed E-state index contributed by atoms with van der Waals surface area (Å²) in [6.07, 6.45) is 0. The van der Waals surface area contributed by atoms with E-state index >= 15 is 0 Å². The van der Waals surface area contributed by atoms with Gasteiger partial charge in [0.25, 0.3) is 0 Å². The number of rotatable bonds is 2. The first kappa shape index (κ1) is 15.9. The molecule has 0 bridgehead atoms. The second-order valence-electron chi connectivity index (χ2n) is 4.59. The Morgan fingerprint density at radius 2 is 1.74 bits per heavy atom. The quantitative estimate of drug-likeness (QED) is 0.449. The van der Waals surface area contributed by atoms with Gasteiger partial charge in [-0.1, -0.05) is 6.07 Å². The van der Waals surface area contributed by atoms with Gasteiger partial charge in [-0.2, -0.15) is 0 Å². The van der Waals surface area contributed by atoms with Crippen molar-refractivity contribution in [2.24, 2.45) is 4.99 Å². The van der Waals surface area contributed by atoms with Crippen molar-refractivity contribution in [3.05, 3.63) is 23.8 Å². The van der Waals surface area contributed by atoms with E-state index < -0.39 is 0 Å². The van der Waals surface area contributed by atoms with Gasteiger partial charge in [0.2, 0.25) is 6.79 Å². The van der Waals surface area contributed by atoms with Crippen molar-refractivity contribution in [3.63, 3.8) is 0 Å². The van der Waals surface area contributed by atoms with Crippen LogP contribution >= 0.6 is 24.0 Å². The smallest absolute Gasteiger partial charge is 0.231 e. The topological polar surface area (TPSA) is 37.3 Å². The van der Waals surface area contributed by atoms with E-state index in [2.05, 4.69) is 4.99 Å². The summed E-state index contributed by atoms with van der Waals surface area (Å²) in [4.78, 5) is 8.58. The molecule has 1 heterocycles. The molecule has 106 valence electrons. The summed E-state index contributed by atoms with van der Waals surface area (Å²) in [7, 11) is 7.94. The van der Waals surface area contributed by atoms with Crippen LogP contribution in [-0.2, 0) is 6.54 Å². The molecular weight excluding hydrogens is 357 g/mol. The number of hydrogen-bond donors (Lipinski definition) is 0. The Balaban J connectivity index is 0.00000180. The highest BCUT2D eigenvalue weighted by atomic mass is 127. The van der Waals surface area contributed by atoms with Crippen LogP contribution < -0.4 is 9.47 Å². The van der Waals surface area contributed by atoms with Gasteiger partial charge in [-0.25, -0.2) is 4.99 Å². The summed E-state index contributed by atoms with van der Waals surface area (Å²) in [5.41, 5.74) is 1.11. The Morgan fingerprint density at radius 1 is 1.11 bits per heavy atom. The van der Waals surface area contributed by atoms with Crippen molar-refractivity contribution in [1.29, 1.82) is 0 Å². The second kappa shape index (κ2) is 6.83. The third-order valence-corrected chi connectivity index (χ3v) is 2.64. The number of guanidine groups is 1. The molecule has 0 aromatic heterocycles. The summed E-state index contributed by atoms with van der Waals surface area (Å²) in [6, 6.07) is 5.92. The molecule has 1 aromatic carbocycles. The van der Waals surface area contributed by atoms with Crippen LogP contribution in [0.15, 0.2) is 23.2 Å². The van der Waals surface area contributed by atoms with Gasteiger partial charge < -0.3 is 19.3 Å². The van der Waals surface area contributed by atoms with Crippen LogP contribution in [0.2, 0.25) is 0 Å². The third kappa shape index (κ3) is 3.89. The fourth-order valence-electron chi connectivity index (χ4n) is 1.88. The molecule has 0 amide bonds. The maximum Gasteiger partial charge on any atom is 0.231 e. The molecule has 6 heteroatoms. The Labute approximate surface area is 131 Å². The first-order chi connectivity index (χ1) is 8.58. The minimum atomic E-state index is 0. The van der Waals surface area contributed by atoms with E-state index in [-0.39, 0.29) is 24.0 Å². The Kier molecular flexibility index (Phi) is 5.71. The van der Waals surface area contributed by atoms with Crippen LogP contribution in [-0.4, -0.2) is 50.7 Å². The highest BCUT2D eigenvalue weighted by Crippen LogP contribution is 2.32. The highest BCUT2D eigenvalue weighted by Gasteiger charge is 2.13. The highest BCUT2D eigenvalue weighted by molar-refractivity contribution is 14.0. The lowest BCUT2D eigenvalue weighted by molar-refractivity contribution is 0.174. The predicted octanol–water partition coefficient (Wildman–Crippen LogP) is 2.01. The number of fused-ring (bicyclic) bond motifs is 1. The van der Waals surface area contributed by atoms with Crippen LogP contribution in [0, 0.1) is 0 Å². The number of benzene rings is 1. The predicted molar refractivity (Wildman–Crippen MR) is 86.5 cm³/mol. The van der Waals surface area contributed by atoms with Gasteiger partial charge in [0.15, 0.2) is 17.5 Å². The average molecular weight is 377 g/mol. The van der Waals surface area contributed by atoms with E-state index in [9.17, 15) is 0 Å². The molecule has 0 saturated carbocycles. The summed E-state index contributed by atoms with van der Waals surface area (Å²) in [6.45, 7) is 0.936. The van der Waals surface area contributed by atoms with E-state index in [1.165, 1.54) is 0 Å². The van der Waals surface area contributed by atoms with Crippen molar-refractivity contribution in [2.45, 2.75) is 6.54 Å². The molecular formula is C13H20IN3O2. The van der Waals surface area contributed by atoms with Crippen molar-refractivity contribution in [2.75, 3.05) is 35.0 Å². The zero-order valence-electron chi connectivity index (χ0n) is 11.7. The van der Waals surface area contributed by atoms with E-state index in [4.69, 9.17) is 9.47 Å². The number of hydrogen-bond acceptors (Lipinski definition) is 3. The van der Waals surface area contributed by atoms with Crippen LogP contribution in [0.4, 0.5) is 0 Å². The van der Waals surface area contributed by atoms with E-state index in [0.29, 0.717) is 13.3 Å². The Morgan fingerprint density at radius 3 is 2.37 bits per heavy atom. The van der Waals surface area contributed by atoms with Gasteiger partial charge in [-0.15, -0.1) is 24.0 Å². The van der Waals surface area contributed by atoms with Gasteiger partial charge in [0.1, 0.15) is 0 Å². The van der Waals surface area contributed by atoms with Gasteiger partial charge in [0.05, 0.1) is 6.54 Å². The molecule has 0 aliphatic carbocycles. The Hall–Kier alpha value is -1.18. The van der Waals surface area contributed by atoms with E-state index in [0.717, 1.165) is 23.0 Å². The van der Waals surface area contributed by atoms with Crippen LogP contribution in [0.25, 0.3) is 0 Å². The molecule has 0 N–H and O–H groups in total. The SMILES string of the molecule is CN(C)C(=NCc1ccc2c(c1)OCO2)N(C)C.I. The monoisotopic (exact) mass is 377 g/mol. The minimum absolute atomic E-state index is 0. The zero-order chi connectivity index (χ0) is 13.1. The van der Waals surface area contributed by atoms with E-state index in [1.54, 1.807) is 0 Å². The van der Waals surface area contributed by atoms with Gasteiger partial charge >= 0.3 is 0 Å². The lowest BCUT2D eigenvalue weighted by Crippen LogP contribution is -2.35. The summed E-state index contributed by atoms with van der Waals surface area (Å²) < 4.78 is 10.6. The fourth-order valence-corrected chi connectivity index (χ4v) is 1.88. The maximum atomic E-state index is 5.35. The lowest BCUT2D eigenvalue weighted by atomic mass is 10.2. The minimum Gasteiger partial charge on any atom is -0.454 e. The molecule has 2 rings (SSSR count). The van der Waals surface area contributed by atoms with Gasteiger partial charge in [-0.05, 0) is 17.7 Å². The largest absolute Gasteiger partial charge is 0.454 e. The zero-order valence-corrected chi connectivity index (χ0v) is 14.0. The molecule has 0 radical (unpaired) electrons. The van der Waals surface area contributed by atoms with Crippen LogP contribution in [0.3, 0.4) is 0 Å². The summed E-state index contributed by atoms with van der Waals surface area (Å²) >= 11 is 0. The van der Waals surface area contributed by atoms with Crippen molar-refractivity contribution in [3.8, 4) is 11.5 Å². The molecule has 5 nitrogen and oxygen atoms in total. The molecule has 0 spiro atoms. The van der Waals surface area contributed by atoms with Crippen LogP contribution in [0.1, 0.15) is 5.56 Å². The first-order valence-corrected chi connectivity index (χ1v) is 5.85. The number of aliphatic imine (C=N–C) groups is 1. The van der Waals surface area contributed by atoms with Crippen LogP contribution in [0.5, 0.6) is 11.5 Å². The summed E-state index contributed by atoms with van der Waals surface area (Å²) in [5, 5.41) is 0. The molecule has 1 aliphatic rings. The normalized spacial score (nSPS) is 11.6. The standard InChI is InChI=1S/C13H19N3O2.HI/c1-15(2)13(16(3)4)14-8-10-5-6-11-12(7-10)18-9-17-11;/h5-7H,8-9H2,1-4H3;1H. The molecule has 0 saturated heterocycles. The third-order valence-electron chi connectivity index (χ3n) is 2.64. The first-order valence-electron chi connectivity index (χ1n) is 5.85. The molecule has 1 aliphatic heterocycles. The Bertz CT molecular complexity index is 451. The number of nitrogens with zero attached hydrogens (tertiary/aromatic N) is 3. The second-order valence-corrected chi connectivity index (χ2v) is 4.59. The van der Waals surface area contributed by atoms with Gasteiger partial charge in [0, 0.05) is 28.2 Å². The number of halogens is 1. The molecule has 1 aromatic rings. The maximum absolute atomic E-state index is 5.35. The summed E-state index contributed by atoms with van der Waals surface area (Å²) in [5.74, 6) is 2.55. The van der Waals surface area contributed by atoms with Crippen molar-refractivity contribution in [1.82, 2.24) is 9.80 Å². The van der Waals surface area contributed by atoms with E-state index in [1.807, 2.05) is 56.2 Å². The average Bonchev–Trinajstić information content (AvgIpc) is 2.75. The van der Waals surface area contributed by atoms with Gasteiger partial charge in [-0.3, -0.25) is 0 Å². The molecule has 0 fully saturated rings. The molecule has 0 unspecified atom stereocenters. The lowest BCUT2D eigenvalue weighted by Gasteiger charge is -2.22. The fraction of sp³-hybridized carbons (Fsp3) is 0.462. The number of ether oxygens (including phenoxy) is 2.